The van der Waals surface area contributed by atoms with Crippen LogP contribution in [0.25, 0.3) is 10.8 Å². The topological polar surface area (TPSA) is 91.7 Å². The summed E-state index contributed by atoms with van der Waals surface area (Å²) in [6, 6.07) is 1.81. The summed E-state index contributed by atoms with van der Waals surface area (Å²) < 4.78 is 5.41. The highest BCUT2D eigenvalue weighted by molar-refractivity contribution is 5.89. The molecule has 1 N–H and O–H groups in total. The molecule has 0 atom stereocenters. The first-order chi connectivity index (χ1) is 11.7. The maximum Gasteiger partial charge on any atom is 0.410 e. The van der Waals surface area contributed by atoms with Crippen molar-refractivity contribution in [3.05, 3.63) is 18.0 Å². The summed E-state index contributed by atoms with van der Waals surface area (Å²) >= 11 is 0. The molecule has 0 unspecified atom stereocenters. The lowest BCUT2D eigenvalue weighted by Gasteiger charge is -2.36. The van der Waals surface area contributed by atoms with Gasteiger partial charge in [0.15, 0.2) is 0 Å². The number of piperazine rings is 1. The number of nitrogens with zero attached hydrogens (tertiary/aromatic N) is 5. The smallest absolute Gasteiger partial charge is 0.410 e. The molecule has 1 aliphatic rings. The number of anilines is 1. The zero-order valence-corrected chi connectivity index (χ0v) is 15.0. The Morgan fingerprint density at radius 1 is 1.16 bits per heavy atom. The number of hydrogen-bond donors (Lipinski definition) is 1. The Kier molecular flexibility index (Phi) is 4.36. The van der Waals surface area contributed by atoms with Gasteiger partial charge in [-0.15, -0.1) is 5.10 Å². The summed E-state index contributed by atoms with van der Waals surface area (Å²) in [5.41, 5.74) is 0.228. The molecule has 1 amide bonds. The van der Waals surface area contributed by atoms with E-state index in [-0.39, 0.29) is 12.0 Å². The number of carbonyl (C=O) groups excluding carboxylic acids is 1. The summed E-state index contributed by atoms with van der Waals surface area (Å²) in [6.07, 6.45) is 1.41. The van der Waals surface area contributed by atoms with Crippen molar-refractivity contribution in [2.45, 2.75) is 33.3 Å². The first-order valence-electron chi connectivity index (χ1n) is 8.29. The van der Waals surface area contributed by atoms with Crippen molar-refractivity contribution in [2.75, 3.05) is 31.1 Å². The van der Waals surface area contributed by atoms with Gasteiger partial charge in [-0.1, -0.05) is 0 Å². The van der Waals surface area contributed by atoms with Gasteiger partial charge in [0.25, 0.3) is 0 Å². The van der Waals surface area contributed by atoms with Gasteiger partial charge in [0.2, 0.25) is 5.88 Å². The van der Waals surface area contributed by atoms with E-state index in [1.165, 1.54) is 0 Å². The molecule has 0 bridgehead atoms. The first-order valence-corrected chi connectivity index (χ1v) is 8.29. The number of ether oxygens (including phenoxy) is 1. The van der Waals surface area contributed by atoms with Gasteiger partial charge >= 0.3 is 6.09 Å². The zero-order valence-electron chi connectivity index (χ0n) is 15.0. The molecule has 1 aliphatic heterocycles. The van der Waals surface area contributed by atoms with E-state index in [2.05, 4.69) is 20.1 Å². The Bertz CT molecular complexity index is 795. The van der Waals surface area contributed by atoms with Crippen molar-refractivity contribution in [1.82, 2.24) is 20.1 Å². The van der Waals surface area contributed by atoms with E-state index in [1.54, 1.807) is 11.1 Å². The largest absolute Gasteiger partial charge is 0.492 e. The number of fused-ring (bicyclic) bond motifs is 1. The van der Waals surface area contributed by atoms with Crippen LogP contribution < -0.4 is 4.90 Å². The summed E-state index contributed by atoms with van der Waals surface area (Å²) in [5.74, 6) is 0.649. The SMILES string of the molecule is Cc1nnc(O)c2cc(N3CCN(C(=O)OC(C)(C)C)CC3)ncc12. The van der Waals surface area contributed by atoms with Gasteiger partial charge in [0.05, 0.1) is 11.1 Å². The average molecular weight is 345 g/mol. The molecule has 1 fully saturated rings. The maximum absolute atomic E-state index is 12.1. The molecule has 0 radical (unpaired) electrons. The normalized spacial score (nSPS) is 15.5. The van der Waals surface area contributed by atoms with Crippen molar-refractivity contribution in [3.8, 4) is 5.88 Å². The molecule has 8 nitrogen and oxygen atoms in total. The van der Waals surface area contributed by atoms with Gasteiger partial charge in [0.1, 0.15) is 11.4 Å². The van der Waals surface area contributed by atoms with E-state index >= 15 is 0 Å². The summed E-state index contributed by atoms with van der Waals surface area (Å²) in [6.45, 7) is 9.83. The zero-order chi connectivity index (χ0) is 18.2. The fourth-order valence-electron chi connectivity index (χ4n) is 2.77. The molecule has 25 heavy (non-hydrogen) atoms. The van der Waals surface area contributed by atoms with E-state index < -0.39 is 5.60 Å². The minimum absolute atomic E-state index is 0.100. The lowest BCUT2D eigenvalue weighted by molar-refractivity contribution is 0.0240. The number of carbonyl (C=O) groups is 1. The minimum atomic E-state index is -0.495. The third-order valence-electron chi connectivity index (χ3n) is 4.07. The van der Waals surface area contributed by atoms with Crippen molar-refractivity contribution < 1.29 is 14.6 Å². The van der Waals surface area contributed by atoms with Crippen molar-refractivity contribution in [2.24, 2.45) is 0 Å². The van der Waals surface area contributed by atoms with E-state index in [0.29, 0.717) is 31.6 Å². The van der Waals surface area contributed by atoms with Crippen LogP contribution >= 0.6 is 0 Å². The molecule has 3 heterocycles. The van der Waals surface area contributed by atoms with E-state index in [9.17, 15) is 9.90 Å². The molecule has 0 spiro atoms. The fraction of sp³-hybridized carbons (Fsp3) is 0.529. The highest BCUT2D eigenvalue weighted by Gasteiger charge is 2.26. The fourth-order valence-corrected chi connectivity index (χ4v) is 2.77. The van der Waals surface area contributed by atoms with Crippen LogP contribution in [-0.4, -0.2) is 63.1 Å². The Balaban J connectivity index is 1.72. The van der Waals surface area contributed by atoms with Crippen LogP contribution in [-0.2, 0) is 4.74 Å². The Morgan fingerprint density at radius 2 is 1.84 bits per heavy atom. The summed E-state index contributed by atoms with van der Waals surface area (Å²) in [7, 11) is 0. The van der Waals surface area contributed by atoms with Crippen molar-refractivity contribution in [1.29, 1.82) is 0 Å². The molecule has 0 aromatic carbocycles. The average Bonchev–Trinajstić information content (AvgIpc) is 2.57. The molecule has 0 saturated carbocycles. The van der Waals surface area contributed by atoms with Crippen LogP contribution in [0.5, 0.6) is 5.88 Å². The van der Waals surface area contributed by atoms with Crippen molar-refractivity contribution >= 4 is 22.7 Å². The Morgan fingerprint density at radius 3 is 2.48 bits per heavy atom. The van der Waals surface area contributed by atoms with E-state index in [1.807, 2.05) is 33.8 Å². The number of amides is 1. The molecular weight excluding hydrogens is 322 g/mol. The summed E-state index contributed by atoms with van der Waals surface area (Å²) in [5, 5.41) is 19.0. The minimum Gasteiger partial charge on any atom is -0.492 e. The van der Waals surface area contributed by atoms with Gasteiger partial charge in [-0.2, -0.15) is 5.10 Å². The third-order valence-corrected chi connectivity index (χ3v) is 4.07. The Labute approximate surface area is 146 Å². The second kappa shape index (κ2) is 6.34. The number of aromatic hydroxyl groups is 1. The lowest BCUT2D eigenvalue weighted by atomic mass is 10.2. The quantitative estimate of drug-likeness (QED) is 0.846. The number of hydrogen-bond acceptors (Lipinski definition) is 7. The standard InChI is InChI=1S/C17H23N5O3/c1-11-13-10-18-14(9-12(13)15(23)20-19-11)21-5-7-22(8-6-21)16(24)25-17(2,3)4/h9-10H,5-8H2,1-4H3,(H,20,23). The lowest BCUT2D eigenvalue weighted by Crippen LogP contribution is -2.50. The van der Waals surface area contributed by atoms with Gasteiger partial charge < -0.3 is 19.6 Å². The van der Waals surface area contributed by atoms with Crippen LogP contribution in [0.2, 0.25) is 0 Å². The Hall–Kier alpha value is -2.64. The predicted molar refractivity (Wildman–Crippen MR) is 93.8 cm³/mol. The van der Waals surface area contributed by atoms with Crippen LogP contribution in [0.1, 0.15) is 26.5 Å². The van der Waals surface area contributed by atoms with E-state index in [4.69, 9.17) is 4.74 Å². The second-order valence-electron chi connectivity index (χ2n) is 7.15. The molecule has 1 saturated heterocycles. The number of rotatable bonds is 1. The maximum atomic E-state index is 12.1. The highest BCUT2D eigenvalue weighted by Crippen LogP contribution is 2.27. The second-order valence-corrected chi connectivity index (χ2v) is 7.15. The first kappa shape index (κ1) is 17.2. The summed E-state index contributed by atoms with van der Waals surface area (Å²) in [4.78, 5) is 20.4. The highest BCUT2D eigenvalue weighted by atomic mass is 16.6. The number of aromatic nitrogens is 3. The molecule has 2 aromatic heterocycles. The van der Waals surface area contributed by atoms with Crippen molar-refractivity contribution in [3.63, 3.8) is 0 Å². The van der Waals surface area contributed by atoms with E-state index in [0.717, 1.165) is 16.9 Å². The van der Waals surface area contributed by atoms with Gasteiger partial charge in [-0.05, 0) is 33.8 Å². The van der Waals surface area contributed by atoms with Crippen LogP contribution in [0.4, 0.5) is 10.6 Å². The molecule has 2 aromatic rings. The van der Waals surface area contributed by atoms with Gasteiger partial charge in [-0.3, -0.25) is 0 Å². The van der Waals surface area contributed by atoms with Crippen LogP contribution in [0.3, 0.4) is 0 Å². The monoisotopic (exact) mass is 345 g/mol. The van der Waals surface area contributed by atoms with Crippen LogP contribution in [0, 0.1) is 6.92 Å². The third kappa shape index (κ3) is 3.72. The van der Waals surface area contributed by atoms with Crippen LogP contribution in [0.15, 0.2) is 12.3 Å². The number of aryl methyl sites for hydroxylation is 1. The molecule has 3 rings (SSSR count). The molecular formula is C17H23N5O3. The predicted octanol–water partition coefficient (Wildman–Crippen LogP) is 2.10. The number of pyridine rings is 1. The van der Waals surface area contributed by atoms with Gasteiger partial charge in [-0.25, -0.2) is 9.78 Å². The molecule has 8 heteroatoms. The molecule has 0 aliphatic carbocycles. The van der Waals surface area contributed by atoms with Gasteiger partial charge in [0, 0.05) is 37.8 Å². The molecule has 134 valence electrons.